The molecule has 0 bridgehead atoms. The highest BCUT2D eigenvalue weighted by atomic mass is 127. The number of pyridine rings is 1. The van der Waals surface area contributed by atoms with Crippen molar-refractivity contribution in [2.24, 2.45) is 0 Å². The molecule has 1 saturated carbocycles. The first-order valence-corrected chi connectivity index (χ1v) is 9.47. The van der Waals surface area contributed by atoms with E-state index in [1.54, 1.807) is 6.07 Å². The van der Waals surface area contributed by atoms with Crippen LogP contribution in [0.5, 0.6) is 0 Å². The van der Waals surface area contributed by atoms with E-state index in [1.165, 1.54) is 18.3 Å². The van der Waals surface area contributed by atoms with E-state index in [9.17, 15) is 23.8 Å². The van der Waals surface area contributed by atoms with Gasteiger partial charge in [-0.15, -0.1) is 0 Å². The van der Waals surface area contributed by atoms with Crippen molar-refractivity contribution in [1.82, 2.24) is 10.3 Å². The fourth-order valence-electron chi connectivity index (χ4n) is 3.05. The molecular formula is C18H18F2IN3O3. The quantitative estimate of drug-likeness (QED) is 0.496. The molecular weight excluding hydrogens is 471 g/mol. The highest BCUT2D eigenvalue weighted by Crippen LogP contribution is 2.26. The van der Waals surface area contributed by atoms with Crippen LogP contribution in [0.1, 0.15) is 29.6 Å². The molecule has 0 radical (unpaired) electrons. The van der Waals surface area contributed by atoms with Crippen LogP contribution in [-0.4, -0.2) is 39.4 Å². The molecule has 2 aromatic rings. The lowest BCUT2D eigenvalue weighted by molar-refractivity contribution is -0.0278. The monoisotopic (exact) mass is 489 g/mol. The van der Waals surface area contributed by atoms with Crippen molar-refractivity contribution in [3.8, 4) is 0 Å². The number of anilines is 2. The second-order valence-electron chi connectivity index (χ2n) is 6.36. The summed E-state index contributed by atoms with van der Waals surface area (Å²) >= 11 is 1.96. The molecule has 1 aliphatic carbocycles. The molecule has 0 saturated heterocycles. The van der Waals surface area contributed by atoms with Gasteiger partial charge in [-0.2, -0.15) is 0 Å². The molecule has 1 fully saturated rings. The van der Waals surface area contributed by atoms with Crippen LogP contribution in [0.25, 0.3) is 0 Å². The number of nitrogens with zero attached hydrogens (tertiary/aromatic N) is 1. The van der Waals surface area contributed by atoms with Gasteiger partial charge in [0, 0.05) is 3.57 Å². The van der Waals surface area contributed by atoms with Gasteiger partial charge in [0.05, 0.1) is 42.0 Å². The lowest BCUT2D eigenvalue weighted by Gasteiger charge is -2.32. The largest absolute Gasteiger partial charge is 0.390 e. The van der Waals surface area contributed by atoms with E-state index in [0.717, 1.165) is 6.20 Å². The molecule has 1 amide bonds. The fourth-order valence-corrected chi connectivity index (χ4v) is 3.50. The molecule has 0 aliphatic heterocycles. The summed E-state index contributed by atoms with van der Waals surface area (Å²) in [5.41, 5.74) is -0.265. The van der Waals surface area contributed by atoms with E-state index in [2.05, 4.69) is 15.6 Å². The second-order valence-corrected chi connectivity index (χ2v) is 7.61. The number of amides is 1. The van der Waals surface area contributed by atoms with Crippen molar-refractivity contribution in [2.45, 2.75) is 37.5 Å². The number of halogens is 3. The van der Waals surface area contributed by atoms with Gasteiger partial charge in [0.25, 0.3) is 5.91 Å². The Morgan fingerprint density at radius 2 is 1.93 bits per heavy atom. The zero-order chi connectivity index (χ0) is 19.6. The molecule has 9 heteroatoms. The fraction of sp³-hybridized carbons (Fsp3) is 0.333. The maximum Gasteiger partial charge on any atom is 0.256 e. The highest BCUT2D eigenvalue weighted by molar-refractivity contribution is 14.1. The number of benzene rings is 1. The van der Waals surface area contributed by atoms with E-state index in [0.29, 0.717) is 22.8 Å². The minimum absolute atomic E-state index is 0.00143. The van der Waals surface area contributed by atoms with Crippen LogP contribution in [-0.2, 0) is 0 Å². The smallest absolute Gasteiger partial charge is 0.256 e. The maximum absolute atomic E-state index is 14.3. The summed E-state index contributed by atoms with van der Waals surface area (Å²) in [7, 11) is 0. The summed E-state index contributed by atoms with van der Waals surface area (Å²) in [6.45, 7) is 0. The first-order chi connectivity index (χ1) is 12.9. The normalized spacial score (nSPS) is 22.3. The van der Waals surface area contributed by atoms with Gasteiger partial charge in [-0.05, 0) is 60.1 Å². The number of rotatable bonds is 4. The zero-order valence-corrected chi connectivity index (χ0v) is 16.3. The van der Waals surface area contributed by atoms with E-state index in [1.807, 2.05) is 22.6 Å². The summed E-state index contributed by atoms with van der Waals surface area (Å²) in [6, 6.07) is 3.75. The van der Waals surface area contributed by atoms with Crippen molar-refractivity contribution in [3.05, 3.63) is 51.4 Å². The predicted molar refractivity (Wildman–Crippen MR) is 104 cm³/mol. The summed E-state index contributed by atoms with van der Waals surface area (Å²) in [5.74, 6) is -2.21. The number of aromatic nitrogens is 1. The maximum atomic E-state index is 14.3. The topological polar surface area (TPSA) is 94.5 Å². The number of hydrogen-bond acceptors (Lipinski definition) is 5. The number of hydrogen-bond donors (Lipinski definition) is 4. The van der Waals surface area contributed by atoms with E-state index < -0.39 is 35.8 Å². The molecule has 1 aromatic carbocycles. The summed E-state index contributed by atoms with van der Waals surface area (Å²) in [6.07, 6.45) is 1.57. The molecule has 1 heterocycles. The summed E-state index contributed by atoms with van der Waals surface area (Å²) in [4.78, 5) is 16.3. The summed E-state index contributed by atoms with van der Waals surface area (Å²) in [5, 5.41) is 25.0. The Labute approximate surface area is 168 Å². The van der Waals surface area contributed by atoms with Crippen LogP contribution in [0.4, 0.5) is 20.2 Å². The lowest BCUT2D eigenvalue weighted by atomic mass is 9.90. The molecule has 1 aliphatic rings. The SMILES string of the molecule is O=C(N[C@H]1CCC[C@H](O)[C@@H]1O)c1c(F)cncc1Nc1ccc(I)cc1F. The third-order valence-corrected chi connectivity index (χ3v) is 5.14. The van der Waals surface area contributed by atoms with Crippen LogP contribution in [0.3, 0.4) is 0 Å². The number of carbonyl (C=O) groups is 1. The molecule has 0 spiro atoms. The molecule has 6 nitrogen and oxygen atoms in total. The van der Waals surface area contributed by atoms with E-state index in [4.69, 9.17) is 0 Å². The van der Waals surface area contributed by atoms with E-state index >= 15 is 0 Å². The molecule has 144 valence electrons. The van der Waals surface area contributed by atoms with Gasteiger partial charge in [0.1, 0.15) is 11.4 Å². The van der Waals surface area contributed by atoms with Crippen molar-refractivity contribution in [2.75, 3.05) is 5.32 Å². The Hall–Kier alpha value is -1.85. The van der Waals surface area contributed by atoms with Gasteiger partial charge in [0.15, 0.2) is 5.82 Å². The first-order valence-electron chi connectivity index (χ1n) is 8.39. The van der Waals surface area contributed by atoms with Crippen molar-refractivity contribution >= 4 is 39.9 Å². The van der Waals surface area contributed by atoms with Gasteiger partial charge in [-0.1, -0.05) is 0 Å². The molecule has 27 heavy (non-hydrogen) atoms. The average molecular weight is 489 g/mol. The van der Waals surface area contributed by atoms with Crippen LogP contribution in [0.2, 0.25) is 0 Å². The third kappa shape index (κ3) is 4.53. The van der Waals surface area contributed by atoms with Gasteiger partial charge in [-0.25, -0.2) is 8.78 Å². The molecule has 0 unspecified atom stereocenters. The molecule has 3 atom stereocenters. The van der Waals surface area contributed by atoms with Crippen molar-refractivity contribution < 1.29 is 23.8 Å². The Morgan fingerprint density at radius 3 is 2.67 bits per heavy atom. The zero-order valence-electron chi connectivity index (χ0n) is 14.1. The summed E-state index contributed by atoms with van der Waals surface area (Å²) < 4.78 is 29.1. The van der Waals surface area contributed by atoms with Crippen LogP contribution >= 0.6 is 22.6 Å². The Balaban J connectivity index is 1.85. The Morgan fingerprint density at radius 1 is 1.15 bits per heavy atom. The van der Waals surface area contributed by atoms with Gasteiger partial charge in [0.2, 0.25) is 0 Å². The first kappa shape index (κ1) is 19.9. The molecule has 1 aromatic heterocycles. The van der Waals surface area contributed by atoms with Crippen LogP contribution in [0.15, 0.2) is 30.6 Å². The van der Waals surface area contributed by atoms with Gasteiger partial charge < -0.3 is 20.8 Å². The minimum atomic E-state index is -1.13. The van der Waals surface area contributed by atoms with Gasteiger partial charge in [-0.3, -0.25) is 9.78 Å². The van der Waals surface area contributed by atoms with Crippen molar-refractivity contribution in [3.63, 3.8) is 0 Å². The highest BCUT2D eigenvalue weighted by Gasteiger charge is 2.32. The number of aliphatic hydroxyl groups is 2. The standard InChI is InChI=1S/C18H18F2IN3O3/c19-10-6-9(21)4-5-12(10)23-14-8-22-7-11(20)16(14)18(27)24-13-2-1-3-15(25)17(13)26/h4-8,13,15,17,23,25-26H,1-3H2,(H,24,27)/t13-,15-,17+/m0/s1. The third-order valence-electron chi connectivity index (χ3n) is 4.47. The minimum Gasteiger partial charge on any atom is -0.390 e. The average Bonchev–Trinajstić information content (AvgIpc) is 2.61. The molecule has 3 rings (SSSR count). The lowest BCUT2D eigenvalue weighted by Crippen LogP contribution is -2.51. The van der Waals surface area contributed by atoms with Crippen LogP contribution < -0.4 is 10.6 Å². The van der Waals surface area contributed by atoms with E-state index in [-0.39, 0.29) is 16.9 Å². The Bertz CT molecular complexity index is 853. The van der Waals surface area contributed by atoms with Crippen LogP contribution in [0, 0.1) is 15.2 Å². The van der Waals surface area contributed by atoms with Gasteiger partial charge >= 0.3 is 0 Å². The number of nitrogens with one attached hydrogen (secondary N) is 2. The second kappa shape index (κ2) is 8.44. The number of aliphatic hydroxyl groups excluding tert-OH is 2. The Kier molecular flexibility index (Phi) is 6.22. The number of carbonyl (C=O) groups excluding carboxylic acids is 1. The predicted octanol–water partition coefficient (Wildman–Crippen LogP) is 2.71. The molecule has 4 N–H and O–H groups in total. The van der Waals surface area contributed by atoms with Crippen molar-refractivity contribution in [1.29, 1.82) is 0 Å².